The van der Waals surface area contributed by atoms with Crippen LogP contribution in [0.25, 0.3) is 21.6 Å². The molecule has 31 heavy (non-hydrogen) atoms. The molecule has 0 radical (unpaired) electrons. The van der Waals surface area contributed by atoms with E-state index >= 15 is 0 Å². The van der Waals surface area contributed by atoms with Crippen molar-refractivity contribution in [2.45, 2.75) is 25.8 Å². The smallest absolute Gasteiger partial charge is 0.279 e. The molecule has 1 aliphatic heterocycles. The predicted molar refractivity (Wildman–Crippen MR) is 119 cm³/mol. The molecule has 1 unspecified atom stereocenters. The van der Waals surface area contributed by atoms with Gasteiger partial charge in [0.1, 0.15) is 10.7 Å². The van der Waals surface area contributed by atoms with Gasteiger partial charge in [0, 0.05) is 43.5 Å². The van der Waals surface area contributed by atoms with E-state index in [1.54, 1.807) is 0 Å². The molecule has 5 rings (SSSR count). The van der Waals surface area contributed by atoms with E-state index in [1.165, 1.54) is 15.6 Å². The Morgan fingerprint density at radius 1 is 1.29 bits per heavy atom. The Bertz CT molecular complexity index is 1180. The number of aliphatic hydroxyl groups is 1. The molecular weight excluding hydrogens is 438 g/mol. The lowest BCUT2D eigenvalue weighted by atomic mass is 10.0. The van der Waals surface area contributed by atoms with E-state index in [0.29, 0.717) is 24.9 Å². The number of nitrogens with zero attached hydrogens (tertiary/aromatic N) is 4. The van der Waals surface area contributed by atoms with Gasteiger partial charge in [-0.15, -0.1) is 10.2 Å². The number of pyridine rings is 1. The van der Waals surface area contributed by atoms with Crippen molar-refractivity contribution in [3.8, 4) is 10.6 Å². The number of aromatic nitrogens is 4. The van der Waals surface area contributed by atoms with Crippen LogP contribution in [0.5, 0.6) is 0 Å². The number of nitrogens with one attached hydrogen (secondary N) is 3. The van der Waals surface area contributed by atoms with Crippen molar-refractivity contribution in [1.29, 1.82) is 0 Å². The number of aliphatic hydroxyl groups excluding tert-OH is 1. The van der Waals surface area contributed by atoms with E-state index in [0.717, 1.165) is 45.1 Å². The van der Waals surface area contributed by atoms with E-state index in [4.69, 9.17) is 5.11 Å². The Balaban J connectivity index is 1.34. The summed E-state index contributed by atoms with van der Waals surface area (Å²) in [5, 5.41) is 23.8. The minimum Gasteiger partial charge on any atom is -0.395 e. The zero-order valence-corrected chi connectivity index (χ0v) is 18.7. The largest absolute Gasteiger partial charge is 0.395 e. The van der Waals surface area contributed by atoms with Gasteiger partial charge in [0.2, 0.25) is 0 Å². The Morgan fingerprint density at radius 3 is 2.74 bits per heavy atom. The highest BCUT2D eigenvalue weighted by atomic mass is 32.2. The van der Waals surface area contributed by atoms with E-state index in [9.17, 15) is 8.42 Å². The quantitative estimate of drug-likeness (QED) is 0.415. The van der Waals surface area contributed by atoms with E-state index < -0.39 is 10.2 Å². The van der Waals surface area contributed by atoms with Gasteiger partial charge in [0.25, 0.3) is 10.2 Å². The predicted octanol–water partition coefficient (Wildman–Crippen LogP) is 1.34. The summed E-state index contributed by atoms with van der Waals surface area (Å²) < 4.78 is 28.7. The first kappa shape index (κ1) is 20.8. The maximum atomic E-state index is 12.4. The molecule has 1 saturated carbocycles. The zero-order chi connectivity index (χ0) is 21.6. The molecule has 3 aromatic rings. The van der Waals surface area contributed by atoms with Crippen molar-refractivity contribution < 1.29 is 13.5 Å². The number of aromatic amines is 1. The van der Waals surface area contributed by atoms with Gasteiger partial charge in [-0.25, -0.2) is 4.98 Å². The van der Waals surface area contributed by atoms with Gasteiger partial charge < -0.3 is 15.4 Å². The van der Waals surface area contributed by atoms with Crippen LogP contribution in [-0.4, -0.2) is 70.3 Å². The van der Waals surface area contributed by atoms with Crippen LogP contribution in [0.4, 0.5) is 5.69 Å². The molecule has 3 aromatic heterocycles. The Labute approximate surface area is 184 Å². The number of hydrogen-bond acceptors (Lipinski definition) is 8. The first-order valence-electron chi connectivity index (χ1n) is 10.3. The highest BCUT2D eigenvalue weighted by molar-refractivity contribution is 7.87. The fourth-order valence-electron chi connectivity index (χ4n) is 4.77. The molecule has 4 heterocycles. The molecule has 3 atom stereocenters. The third-order valence-electron chi connectivity index (χ3n) is 6.15. The second-order valence-electron chi connectivity index (χ2n) is 8.19. The fourth-order valence-corrected chi connectivity index (χ4v) is 6.79. The van der Waals surface area contributed by atoms with Crippen molar-refractivity contribution in [2.75, 3.05) is 31.6 Å². The lowest BCUT2D eigenvalue weighted by Crippen LogP contribution is -2.41. The highest BCUT2D eigenvalue weighted by Gasteiger charge is 2.44. The number of fused-ring (bicyclic) bond motifs is 2. The summed E-state index contributed by atoms with van der Waals surface area (Å²) >= 11 is 1.54. The Hall–Kier alpha value is -2.12. The first-order valence-corrected chi connectivity index (χ1v) is 12.6. The van der Waals surface area contributed by atoms with Gasteiger partial charge in [0.05, 0.1) is 17.9 Å². The van der Waals surface area contributed by atoms with Crippen LogP contribution in [-0.2, 0) is 10.2 Å². The molecule has 0 bridgehead atoms. The number of anilines is 1. The molecule has 0 aromatic carbocycles. The van der Waals surface area contributed by atoms with Gasteiger partial charge in [-0.3, -0.25) is 0 Å². The van der Waals surface area contributed by atoms with Gasteiger partial charge >= 0.3 is 0 Å². The van der Waals surface area contributed by atoms with Crippen molar-refractivity contribution in [1.82, 2.24) is 29.2 Å². The fraction of sp³-hybridized carbons (Fsp3) is 0.526. The molecule has 2 fully saturated rings. The molecule has 0 spiro atoms. The third-order valence-corrected chi connectivity index (χ3v) is 8.56. The van der Waals surface area contributed by atoms with Crippen molar-refractivity contribution in [2.24, 2.45) is 11.8 Å². The Morgan fingerprint density at radius 2 is 2.06 bits per heavy atom. The highest BCUT2D eigenvalue weighted by Crippen LogP contribution is 2.42. The lowest BCUT2D eigenvalue weighted by Gasteiger charge is -2.21. The summed E-state index contributed by atoms with van der Waals surface area (Å²) in [5.74, 6) is 0.637. The number of aryl methyl sites for hydroxylation is 1. The summed E-state index contributed by atoms with van der Waals surface area (Å²) in [4.78, 5) is 7.69. The molecule has 0 amide bonds. The summed E-state index contributed by atoms with van der Waals surface area (Å²) in [6.07, 6.45) is 5.51. The topological polar surface area (TPSA) is 136 Å². The van der Waals surface area contributed by atoms with Crippen LogP contribution in [0.15, 0.2) is 18.5 Å². The number of H-pyrrole nitrogens is 1. The minimum absolute atomic E-state index is 0.0426. The van der Waals surface area contributed by atoms with E-state index in [-0.39, 0.29) is 19.2 Å². The molecule has 4 N–H and O–H groups in total. The second-order valence-corrected chi connectivity index (χ2v) is 11.1. The van der Waals surface area contributed by atoms with Crippen LogP contribution in [0.2, 0.25) is 0 Å². The average Bonchev–Trinajstić information content (AvgIpc) is 3.49. The van der Waals surface area contributed by atoms with Gasteiger partial charge in [-0.05, 0) is 37.7 Å². The van der Waals surface area contributed by atoms with E-state index in [1.807, 2.05) is 25.4 Å². The normalized spacial score (nSPS) is 24.1. The molecule has 12 heteroatoms. The first-order chi connectivity index (χ1) is 14.9. The van der Waals surface area contributed by atoms with Crippen molar-refractivity contribution >= 4 is 38.3 Å². The molecule has 166 valence electrons. The van der Waals surface area contributed by atoms with Gasteiger partial charge in [0.15, 0.2) is 5.01 Å². The maximum Gasteiger partial charge on any atom is 0.279 e. The molecule has 1 aliphatic carbocycles. The number of hydrogen-bond donors (Lipinski definition) is 4. The maximum absolute atomic E-state index is 12.4. The van der Waals surface area contributed by atoms with Crippen LogP contribution < -0.4 is 10.0 Å². The van der Waals surface area contributed by atoms with Crippen LogP contribution in [0.3, 0.4) is 0 Å². The monoisotopic (exact) mass is 463 g/mol. The molecule has 1 saturated heterocycles. The molecule has 2 aliphatic rings. The van der Waals surface area contributed by atoms with Gasteiger partial charge in [-0.2, -0.15) is 17.4 Å². The SMILES string of the molecule is Cc1nnc(-c2cnc3[nH]ccc3c2NC2C[C@@H]3CN(S(=O)(=O)NCCO)C[C@@H]3C2)s1. The summed E-state index contributed by atoms with van der Waals surface area (Å²) in [7, 11) is -3.53. The van der Waals surface area contributed by atoms with E-state index in [2.05, 4.69) is 30.2 Å². The standard InChI is InChI=1S/C19H25N7O3S2/c1-11-24-25-19(30-11)16-8-21-18-15(2-3-20-18)17(16)23-14-6-12-9-26(10-13(12)7-14)31(28,29)22-4-5-27/h2-3,8,12-14,22,27H,4-7,9-10H2,1H3,(H2,20,21,23)/t12-,13+,14?. The van der Waals surface area contributed by atoms with Gasteiger partial charge in [-0.1, -0.05) is 11.3 Å². The zero-order valence-electron chi connectivity index (χ0n) is 17.1. The minimum atomic E-state index is -3.53. The van der Waals surface area contributed by atoms with Crippen LogP contribution in [0.1, 0.15) is 17.8 Å². The van der Waals surface area contributed by atoms with Crippen LogP contribution >= 0.6 is 11.3 Å². The Kier molecular flexibility index (Phi) is 5.42. The average molecular weight is 464 g/mol. The second kappa shape index (κ2) is 8.10. The number of rotatable bonds is 7. The summed E-state index contributed by atoms with van der Waals surface area (Å²) in [6.45, 7) is 2.80. The molecule has 10 nitrogen and oxygen atoms in total. The third kappa shape index (κ3) is 3.94. The van der Waals surface area contributed by atoms with Crippen molar-refractivity contribution in [3.63, 3.8) is 0 Å². The van der Waals surface area contributed by atoms with Crippen LogP contribution in [0, 0.1) is 18.8 Å². The summed E-state index contributed by atoms with van der Waals surface area (Å²) in [6, 6.07) is 2.26. The summed E-state index contributed by atoms with van der Waals surface area (Å²) in [5.41, 5.74) is 2.76. The molecular formula is C19H25N7O3S2. The lowest BCUT2D eigenvalue weighted by molar-refractivity contribution is 0.299. The van der Waals surface area contributed by atoms with Crippen molar-refractivity contribution in [3.05, 3.63) is 23.5 Å².